The summed E-state index contributed by atoms with van der Waals surface area (Å²) in [5.41, 5.74) is 3.49. The molecular formula is C22H32BrNO. The third kappa shape index (κ3) is 5.86. The van der Waals surface area contributed by atoms with E-state index < -0.39 is 0 Å². The van der Waals surface area contributed by atoms with Crippen molar-refractivity contribution < 1.29 is 5.11 Å². The fraction of sp³-hybridized carbons (Fsp3) is 0.455. The van der Waals surface area contributed by atoms with Gasteiger partial charge in [0.15, 0.2) is 0 Å². The molecule has 0 bridgehead atoms. The first kappa shape index (κ1) is 21.7. The molecule has 0 fully saturated rings. The summed E-state index contributed by atoms with van der Waals surface area (Å²) in [6.07, 6.45) is 0.997. The number of aryl methyl sites for hydroxylation is 1. The molecule has 0 aromatic heterocycles. The largest absolute Gasteiger partial charge is 0.508 e. The van der Waals surface area contributed by atoms with Gasteiger partial charge in [0, 0.05) is 23.6 Å². The van der Waals surface area contributed by atoms with E-state index in [1.54, 1.807) is 0 Å². The van der Waals surface area contributed by atoms with Gasteiger partial charge in [-0.2, -0.15) is 0 Å². The van der Waals surface area contributed by atoms with Crippen LogP contribution < -0.4 is 0 Å². The zero-order valence-corrected chi connectivity index (χ0v) is 17.8. The maximum atomic E-state index is 10.4. The highest BCUT2D eigenvalue weighted by molar-refractivity contribution is 8.93. The van der Waals surface area contributed by atoms with E-state index in [1.165, 1.54) is 11.1 Å². The summed E-state index contributed by atoms with van der Waals surface area (Å²) in [4.78, 5) is 2.52. The van der Waals surface area contributed by atoms with Crippen molar-refractivity contribution in [2.45, 2.75) is 59.0 Å². The van der Waals surface area contributed by atoms with E-state index in [0.29, 0.717) is 17.8 Å². The molecule has 1 atom stereocenters. The van der Waals surface area contributed by atoms with Crippen LogP contribution in [0.15, 0.2) is 48.5 Å². The number of phenols is 1. The quantitative estimate of drug-likeness (QED) is 0.617. The van der Waals surface area contributed by atoms with Crippen LogP contribution in [-0.4, -0.2) is 28.6 Å². The number of hydrogen-bond donors (Lipinski definition) is 1. The van der Waals surface area contributed by atoms with Crippen molar-refractivity contribution in [1.82, 2.24) is 4.90 Å². The summed E-state index contributed by atoms with van der Waals surface area (Å²) in [6, 6.07) is 17.5. The number of nitrogens with zero attached hydrogens (tertiary/aromatic N) is 1. The van der Waals surface area contributed by atoms with Gasteiger partial charge in [-0.15, -0.1) is 17.0 Å². The summed E-state index contributed by atoms with van der Waals surface area (Å²) in [7, 11) is 0. The minimum atomic E-state index is 0. The van der Waals surface area contributed by atoms with Gasteiger partial charge in [0.05, 0.1) is 0 Å². The average molecular weight is 406 g/mol. The van der Waals surface area contributed by atoms with Crippen LogP contribution >= 0.6 is 17.0 Å². The Morgan fingerprint density at radius 3 is 2.08 bits per heavy atom. The Labute approximate surface area is 163 Å². The molecule has 3 heteroatoms. The number of rotatable bonds is 7. The van der Waals surface area contributed by atoms with E-state index in [-0.39, 0.29) is 22.9 Å². The highest BCUT2D eigenvalue weighted by Gasteiger charge is 2.21. The number of hydrogen-bond acceptors (Lipinski definition) is 2. The lowest BCUT2D eigenvalue weighted by Crippen LogP contribution is -2.38. The summed E-state index contributed by atoms with van der Waals surface area (Å²) in [5.74, 6) is 0.612. The molecule has 0 amide bonds. The van der Waals surface area contributed by atoms with Crippen LogP contribution in [-0.2, 0) is 0 Å². The SMILES string of the molecule is Br.Cc1ccc(O)c([C@@H](CCN(C(C)C)C(C)C)c2ccccc2)c1. The zero-order chi connectivity index (χ0) is 17.7. The number of halogens is 1. The Kier molecular flexibility index (Phi) is 8.67. The van der Waals surface area contributed by atoms with Crippen molar-refractivity contribution in [2.75, 3.05) is 6.54 Å². The first-order valence-electron chi connectivity index (χ1n) is 9.00. The maximum Gasteiger partial charge on any atom is 0.119 e. The molecule has 138 valence electrons. The lowest BCUT2D eigenvalue weighted by atomic mass is 9.87. The molecule has 2 aromatic rings. The van der Waals surface area contributed by atoms with E-state index >= 15 is 0 Å². The summed E-state index contributed by atoms with van der Waals surface area (Å²) in [6.45, 7) is 12.1. The number of benzene rings is 2. The van der Waals surface area contributed by atoms with Gasteiger partial charge in [0.1, 0.15) is 5.75 Å². The number of phenolic OH excluding ortho intramolecular Hbond substituents is 1. The molecule has 0 saturated heterocycles. The van der Waals surface area contributed by atoms with Crippen molar-refractivity contribution in [3.63, 3.8) is 0 Å². The molecule has 0 aliphatic carbocycles. The molecular weight excluding hydrogens is 374 g/mol. The van der Waals surface area contributed by atoms with Crippen molar-refractivity contribution >= 4 is 17.0 Å². The minimum Gasteiger partial charge on any atom is -0.508 e. The van der Waals surface area contributed by atoms with Crippen LogP contribution in [0.2, 0.25) is 0 Å². The van der Waals surface area contributed by atoms with Gasteiger partial charge in [-0.25, -0.2) is 0 Å². The topological polar surface area (TPSA) is 23.5 Å². The molecule has 0 heterocycles. The fourth-order valence-corrected chi connectivity index (χ4v) is 3.53. The van der Waals surface area contributed by atoms with Gasteiger partial charge in [0.2, 0.25) is 0 Å². The molecule has 2 rings (SSSR count). The predicted octanol–water partition coefficient (Wildman–Crippen LogP) is 5.92. The molecule has 0 aliphatic heterocycles. The molecule has 2 aromatic carbocycles. The third-order valence-corrected chi connectivity index (χ3v) is 4.76. The highest BCUT2D eigenvalue weighted by atomic mass is 79.9. The number of aromatic hydroxyl groups is 1. The predicted molar refractivity (Wildman–Crippen MR) is 113 cm³/mol. The first-order chi connectivity index (χ1) is 11.4. The van der Waals surface area contributed by atoms with Gasteiger partial charge in [0.25, 0.3) is 0 Å². The van der Waals surface area contributed by atoms with Crippen LogP contribution in [0.3, 0.4) is 0 Å². The van der Waals surface area contributed by atoms with Crippen molar-refractivity contribution in [3.05, 3.63) is 65.2 Å². The van der Waals surface area contributed by atoms with E-state index in [2.05, 4.69) is 69.9 Å². The van der Waals surface area contributed by atoms with Crippen molar-refractivity contribution in [1.29, 1.82) is 0 Å². The molecule has 0 spiro atoms. The molecule has 1 N–H and O–H groups in total. The Bertz CT molecular complexity index is 632. The van der Waals surface area contributed by atoms with E-state index in [4.69, 9.17) is 0 Å². The Balaban J connectivity index is 0.00000312. The molecule has 0 radical (unpaired) electrons. The van der Waals surface area contributed by atoms with Gasteiger partial charge < -0.3 is 5.11 Å². The summed E-state index contributed by atoms with van der Waals surface area (Å²) < 4.78 is 0. The molecule has 0 unspecified atom stereocenters. The highest BCUT2D eigenvalue weighted by Crippen LogP contribution is 2.35. The van der Waals surface area contributed by atoms with E-state index in [0.717, 1.165) is 18.5 Å². The standard InChI is InChI=1S/C22H31NO.BrH/c1-16(2)23(17(3)4)14-13-20(19-9-7-6-8-10-19)21-15-18(5)11-12-22(21)24;/h6-12,15-17,20,24H,13-14H2,1-5H3;1H/t20-;/m0./s1. The smallest absolute Gasteiger partial charge is 0.119 e. The van der Waals surface area contributed by atoms with Gasteiger partial charge >= 0.3 is 0 Å². The van der Waals surface area contributed by atoms with Crippen molar-refractivity contribution in [2.24, 2.45) is 0 Å². The molecule has 25 heavy (non-hydrogen) atoms. The van der Waals surface area contributed by atoms with Crippen LogP contribution in [0.25, 0.3) is 0 Å². The second kappa shape index (κ2) is 9.98. The second-order valence-corrected chi connectivity index (χ2v) is 7.24. The van der Waals surface area contributed by atoms with Crippen LogP contribution in [0.5, 0.6) is 5.75 Å². The maximum absolute atomic E-state index is 10.4. The van der Waals surface area contributed by atoms with E-state index in [1.807, 2.05) is 18.2 Å². The van der Waals surface area contributed by atoms with Crippen LogP contribution in [0, 0.1) is 6.92 Å². The Hall–Kier alpha value is -1.32. The second-order valence-electron chi connectivity index (χ2n) is 7.24. The third-order valence-electron chi connectivity index (χ3n) is 4.76. The Morgan fingerprint density at radius 2 is 1.52 bits per heavy atom. The fourth-order valence-electron chi connectivity index (χ4n) is 3.53. The normalized spacial score (nSPS) is 12.5. The molecule has 0 saturated carbocycles. The summed E-state index contributed by atoms with van der Waals surface area (Å²) >= 11 is 0. The lowest BCUT2D eigenvalue weighted by molar-refractivity contribution is 0.170. The first-order valence-corrected chi connectivity index (χ1v) is 9.00. The van der Waals surface area contributed by atoms with Gasteiger partial charge in [-0.1, -0.05) is 48.0 Å². The van der Waals surface area contributed by atoms with Gasteiger partial charge in [-0.3, -0.25) is 4.90 Å². The monoisotopic (exact) mass is 405 g/mol. The summed E-state index contributed by atoms with van der Waals surface area (Å²) in [5, 5.41) is 10.4. The van der Waals surface area contributed by atoms with Gasteiger partial charge in [-0.05, 0) is 59.2 Å². The minimum absolute atomic E-state index is 0. The zero-order valence-electron chi connectivity index (χ0n) is 16.1. The molecule has 2 nitrogen and oxygen atoms in total. The Morgan fingerprint density at radius 1 is 0.920 bits per heavy atom. The van der Waals surface area contributed by atoms with Crippen LogP contribution in [0.1, 0.15) is 56.7 Å². The average Bonchev–Trinajstić information content (AvgIpc) is 2.54. The lowest BCUT2D eigenvalue weighted by Gasteiger charge is -2.32. The molecule has 0 aliphatic rings. The van der Waals surface area contributed by atoms with E-state index in [9.17, 15) is 5.11 Å². The van der Waals surface area contributed by atoms with Crippen LogP contribution in [0.4, 0.5) is 0 Å². The van der Waals surface area contributed by atoms with Crippen molar-refractivity contribution in [3.8, 4) is 5.75 Å².